The summed E-state index contributed by atoms with van der Waals surface area (Å²) in [4.78, 5) is 6.66. The first-order valence-corrected chi connectivity index (χ1v) is 8.21. The summed E-state index contributed by atoms with van der Waals surface area (Å²) in [7, 11) is 1.59. The zero-order valence-electron chi connectivity index (χ0n) is 14.1. The van der Waals surface area contributed by atoms with E-state index in [-0.39, 0.29) is 0 Å². The Kier molecular flexibility index (Phi) is 4.39. The van der Waals surface area contributed by atoms with Gasteiger partial charge in [-0.25, -0.2) is 9.37 Å². The summed E-state index contributed by atoms with van der Waals surface area (Å²) in [5.74, 6) is 0.586. The second-order valence-corrected chi connectivity index (χ2v) is 6.07. The number of pyridine rings is 1. The van der Waals surface area contributed by atoms with Gasteiger partial charge in [0.15, 0.2) is 0 Å². The molecule has 0 bridgehead atoms. The predicted molar refractivity (Wildman–Crippen MR) is 90.6 cm³/mol. The molecular formula is C18H24FN3O. The van der Waals surface area contributed by atoms with Gasteiger partial charge in [-0.2, -0.15) is 0 Å². The average molecular weight is 317 g/mol. The number of methoxy groups -OCH3 is 1. The van der Waals surface area contributed by atoms with Crippen molar-refractivity contribution >= 4 is 11.7 Å². The summed E-state index contributed by atoms with van der Waals surface area (Å²) in [6, 6.07) is 1.83. The van der Waals surface area contributed by atoms with Crippen LogP contribution in [0, 0.1) is 0 Å². The molecular weight excluding hydrogens is 293 g/mol. The number of nitrogens with zero attached hydrogens (tertiary/aromatic N) is 3. The molecule has 0 amide bonds. The molecule has 5 heteroatoms. The van der Waals surface area contributed by atoms with E-state index < -0.39 is 5.67 Å². The van der Waals surface area contributed by atoms with Crippen molar-refractivity contribution in [1.82, 2.24) is 14.3 Å². The van der Waals surface area contributed by atoms with Crippen molar-refractivity contribution in [2.45, 2.75) is 32.4 Å². The Morgan fingerprint density at radius 2 is 2.13 bits per heavy atom. The van der Waals surface area contributed by atoms with Crippen molar-refractivity contribution in [3.63, 3.8) is 0 Å². The smallest absolute Gasteiger partial charge is 0.143 e. The first-order valence-electron chi connectivity index (χ1n) is 8.21. The number of aromatic nitrogens is 2. The predicted octanol–water partition coefficient (Wildman–Crippen LogP) is 3.66. The lowest BCUT2D eigenvalue weighted by atomic mass is 9.86. The molecule has 1 aliphatic heterocycles. The van der Waals surface area contributed by atoms with E-state index in [2.05, 4.69) is 16.8 Å². The quantitative estimate of drug-likeness (QED) is 0.862. The van der Waals surface area contributed by atoms with E-state index in [1.54, 1.807) is 13.3 Å². The van der Waals surface area contributed by atoms with Gasteiger partial charge in [0, 0.05) is 30.9 Å². The molecule has 2 aromatic rings. The second-order valence-electron chi connectivity index (χ2n) is 6.07. The number of hydrogen-bond donors (Lipinski definition) is 0. The molecule has 0 radical (unpaired) electrons. The molecule has 0 unspecified atom stereocenters. The number of fused-ring (bicyclic) bond motifs is 1. The summed E-state index contributed by atoms with van der Waals surface area (Å²) in [5.41, 5.74) is 1.00. The SMILES string of the molecule is C/C=C\c1cnc2cc(OC)c(C3(F)CCN(CC)CC3)cn12. The largest absolute Gasteiger partial charge is 0.496 e. The molecule has 1 saturated heterocycles. The third kappa shape index (κ3) is 2.85. The van der Waals surface area contributed by atoms with Gasteiger partial charge in [-0.05, 0) is 32.4 Å². The minimum atomic E-state index is -1.34. The number of imidazole rings is 1. The highest BCUT2D eigenvalue weighted by molar-refractivity contribution is 5.57. The molecule has 23 heavy (non-hydrogen) atoms. The fraction of sp³-hybridized carbons (Fsp3) is 0.500. The second kappa shape index (κ2) is 6.32. The molecule has 0 atom stereocenters. The molecule has 3 rings (SSSR count). The maximum absolute atomic E-state index is 15.7. The standard InChI is InChI=1S/C18H24FN3O/c1-4-6-14-12-20-17-11-16(23-3)15(13-22(14)17)18(19)7-9-21(5-2)10-8-18/h4,6,11-13H,5,7-10H2,1-3H3/b6-4-. The molecule has 4 nitrogen and oxygen atoms in total. The molecule has 0 spiro atoms. The third-order valence-electron chi connectivity index (χ3n) is 4.77. The first-order chi connectivity index (χ1) is 11.1. The molecule has 2 aromatic heterocycles. The number of likely N-dealkylation sites (tertiary alicyclic amines) is 1. The van der Waals surface area contributed by atoms with Crippen LogP contribution in [-0.2, 0) is 5.67 Å². The number of piperidine rings is 1. The average Bonchev–Trinajstić information content (AvgIpc) is 2.97. The Morgan fingerprint density at radius 1 is 1.39 bits per heavy atom. The van der Waals surface area contributed by atoms with Gasteiger partial charge in [0.2, 0.25) is 0 Å². The van der Waals surface area contributed by atoms with Crippen LogP contribution in [0.2, 0.25) is 0 Å². The topological polar surface area (TPSA) is 29.8 Å². The van der Waals surface area contributed by atoms with E-state index in [1.807, 2.05) is 35.7 Å². The van der Waals surface area contributed by atoms with Crippen LogP contribution in [0.5, 0.6) is 5.75 Å². The van der Waals surface area contributed by atoms with Crippen LogP contribution >= 0.6 is 0 Å². The number of halogens is 1. The minimum Gasteiger partial charge on any atom is -0.496 e. The van der Waals surface area contributed by atoms with Crippen molar-refractivity contribution < 1.29 is 9.13 Å². The molecule has 124 valence electrons. The maximum Gasteiger partial charge on any atom is 0.143 e. The maximum atomic E-state index is 15.7. The number of allylic oxidation sites excluding steroid dienone is 1. The number of ether oxygens (including phenoxy) is 1. The lowest BCUT2D eigenvalue weighted by Crippen LogP contribution is -2.40. The molecule has 0 aliphatic carbocycles. The molecule has 1 aliphatic rings. The van der Waals surface area contributed by atoms with E-state index in [0.29, 0.717) is 24.2 Å². The zero-order chi connectivity index (χ0) is 16.4. The number of hydrogen-bond acceptors (Lipinski definition) is 3. The van der Waals surface area contributed by atoms with Crippen molar-refractivity contribution in [3.05, 3.63) is 35.8 Å². The fourth-order valence-electron chi connectivity index (χ4n) is 3.32. The summed E-state index contributed by atoms with van der Waals surface area (Å²) in [5, 5.41) is 0. The van der Waals surface area contributed by atoms with Crippen LogP contribution in [0.15, 0.2) is 24.5 Å². The van der Waals surface area contributed by atoms with Crippen LogP contribution in [0.25, 0.3) is 11.7 Å². The van der Waals surface area contributed by atoms with E-state index in [4.69, 9.17) is 4.74 Å². The molecule has 0 saturated carbocycles. The highest BCUT2D eigenvalue weighted by atomic mass is 19.1. The monoisotopic (exact) mass is 317 g/mol. The van der Waals surface area contributed by atoms with Crippen molar-refractivity contribution in [2.24, 2.45) is 0 Å². The first kappa shape index (κ1) is 16.0. The lowest BCUT2D eigenvalue weighted by Gasteiger charge is -2.36. The normalized spacial score (nSPS) is 18.8. The van der Waals surface area contributed by atoms with Gasteiger partial charge >= 0.3 is 0 Å². The van der Waals surface area contributed by atoms with E-state index in [1.165, 1.54) is 0 Å². The molecule has 3 heterocycles. The summed E-state index contributed by atoms with van der Waals surface area (Å²) in [6.45, 7) is 6.60. The summed E-state index contributed by atoms with van der Waals surface area (Å²) in [6.07, 6.45) is 8.58. The molecule has 1 fully saturated rings. The van der Waals surface area contributed by atoms with Crippen LogP contribution in [0.4, 0.5) is 4.39 Å². The van der Waals surface area contributed by atoms with Gasteiger partial charge in [-0.1, -0.05) is 13.0 Å². The van der Waals surface area contributed by atoms with E-state index in [0.717, 1.165) is 31.0 Å². The molecule has 0 aromatic carbocycles. The van der Waals surface area contributed by atoms with Crippen molar-refractivity contribution in [1.29, 1.82) is 0 Å². The van der Waals surface area contributed by atoms with Crippen LogP contribution < -0.4 is 4.74 Å². The lowest BCUT2D eigenvalue weighted by molar-refractivity contribution is 0.0559. The van der Waals surface area contributed by atoms with Crippen LogP contribution in [-0.4, -0.2) is 41.0 Å². The van der Waals surface area contributed by atoms with Crippen LogP contribution in [0.3, 0.4) is 0 Å². The summed E-state index contributed by atoms with van der Waals surface area (Å²) < 4.78 is 23.1. The Hall–Kier alpha value is -1.88. The Labute approximate surface area is 136 Å². The number of alkyl halides is 1. The van der Waals surface area contributed by atoms with Gasteiger partial charge in [-0.15, -0.1) is 0 Å². The minimum absolute atomic E-state index is 0.496. The van der Waals surface area contributed by atoms with Crippen molar-refractivity contribution in [2.75, 3.05) is 26.7 Å². The highest BCUT2D eigenvalue weighted by Gasteiger charge is 2.38. The highest BCUT2D eigenvalue weighted by Crippen LogP contribution is 2.42. The zero-order valence-corrected chi connectivity index (χ0v) is 14.1. The molecule has 0 N–H and O–H groups in total. The Morgan fingerprint density at radius 3 is 2.74 bits per heavy atom. The van der Waals surface area contributed by atoms with Gasteiger partial charge in [-0.3, -0.25) is 4.40 Å². The Bertz CT molecular complexity index is 714. The van der Waals surface area contributed by atoms with Crippen molar-refractivity contribution in [3.8, 4) is 5.75 Å². The van der Waals surface area contributed by atoms with Gasteiger partial charge in [0.05, 0.1) is 19.0 Å². The van der Waals surface area contributed by atoms with Crippen LogP contribution in [0.1, 0.15) is 37.9 Å². The van der Waals surface area contributed by atoms with E-state index >= 15 is 4.39 Å². The fourth-order valence-corrected chi connectivity index (χ4v) is 3.32. The van der Waals surface area contributed by atoms with Gasteiger partial charge in [0.25, 0.3) is 0 Å². The third-order valence-corrected chi connectivity index (χ3v) is 4.77. The Balaban J connectivity index is 2.06. The number of rotatable bonds is 4. The van der Waals surface area contributed by atoms with Gasteiger partial charge in [0.1, 0.15) is 17.1 Å². The summed E-state index contributed by atoms with van der Waals surface area (Å²) >= 11 is 0. The van der Waals surface area contributed by atoms with E-state index in [9.17, 15) is 0 Å². The van der Waals surface area contributed by atoms with Gasteiger partial charge < -0.3 is 9.64 Å².